The maximum absolute atomic E-state index is 12.2. The zero-order valence-electron chi connectivity index (χ0n) is 15.7. The smallest absolute Gasteiger partial charge is 0.387 e. The third-order valence-corrected chi connectivity index (χ3v) is 6.48. The fraction of sp³-hybridized carbons (Fsp3) is 0.619. The Kier molecular flexibility index (Phi) is 5.25. The largest absolute Gasteiger partial charge is 0.452 e. The van der Waals surface area contributed by atoms with E-state index in [0.29, 0.717) is 6.54 Å². The Morgan fingerprint density at radius 1 is 1.04 bits per heavy atom. The summed E-state index contributed by atoms with van der Waals surface area (Å²) in [5, 5.41) is 2.96. The van der Waals surface area contributed by atoms with Crippen LogP contribution in [0, 0.1) is 23.2 Å². The number of hydrogen-bond donors (Lipinski definition) is 1. The molecule has 4 aliphatic carbocycles. The molecule has 0 heterocycles. The Bertz CT molecular complexity index is 699. The first-order valence-electron chi connectivity index (χ1n) is 9.89. The summed E-state index contributed by atoms with van der Waals surface area (Å²) >= 11 is 0. The number of hydrogen-bond acceptors (Lipinski definition) is 4. The van der Waals surface area contributed by atoms with Crippen LogP contribution in [-0.4, -0.2) is 31.6 Å². The fourth-order valence-electron chi connectivity index (χ4n) is 5.83. The molecular formula is C21H25F2NO4. The van der Waals surface area contributed by atoms with Crippen molar-refractivity contribution in [2.75, 3.05) is 13.2 Å². The molecule has 28 heavy (non-hydrogen) atoms. The Balaban J connectivity index is 1.23. The molecule has 0 unspecified atom stereocenters. The number of nitrogens with one attached hydrogen (secondary N) is 1. The molecule has 7 heteroatoms. The average molecular weight is 393 g/mol. The molecule has 4 bridgehead atoms. The highest BCUT2D eigenvalue weighted by atomic mass is 19.3. The van der Waals surface area contributed by atoms with Crippen molar-refractivity contribution in [2.24, 2.45) is 23.2 Å². The minimum absolute atomic E-state index is 0.0418. The van der Waals surface area contributed by atoms with E-state index in [2.05, 4.69) is 10.1 Å². The number of esters is 1. The van der Waals surface area contributed by atoms with Crippen LogP contribution in [0.5, 0.6) is 5.75 Å². The van der Waals surface area contributed by atoms with Crippen molar-refractivity contribution in [1.82, 2.24) is 5.32 Å². The highest BCUT2D eigenvalue weighted by molar-refractivity contribution is 5.91. The molecule has 0 aromatic heterocycles. The molecule has 0 aliphatic heterocycles. The van der Waals surface area contributed by atoms with Crippen LogP contribution in [0.2, 0.25) is 0 Å². The monoisotopic (exact) mass is 393 g/mol. The highest BCUT2D eigenvalue weighted by Crippen LogP contribution is 2.59. The quantitative estimate of drug-likeness (QED) is 0.716. The van der Waals surface area contributed by atoms with Crippen LogP contribution in [0.15, 0.2) is 24.3 Å². The van der Waals surface area contributed by atoms with E-state index in [-0.39, 0.29) is 29.2 Å². The number of benzene rings is 1. The molecule has 4 saturated carbocycles. The molecule has 1 amide bonds. The Hall–Kier alpha value is -2.18. The van der Waals surface area contributed by atoms with E-state index in [9.17, 15) is 18.4 Å². The fourth-order valence-corrected chi connectivity index (χ4v) is 5.83. The van der Waals surface area contributed by atoms with E-state index in [1.807, 2.05) is 0 Å². The van der Waals surface area contributed by atoms with Gasteiger partial charge in [-0.05, 0) is 86.0 Å². The number of amides is 1. The maximum Gasteiger partial charge on any atom is 0.387 e. The van der Waals surface area contributed by atoms with Crippen molar-refractivity contribution >= 4 is 11.9 Å². The van der Waals surface area contributed by atoms with Crippen molar-refractivity contribution in [3.05, 3.63) is 29.8 Å². The normalized spacial score (nSPS) is 30.3. The first-order chi connectivity index (χ1) is 13.4. The van der Waals surface area contributed by atoms with E-state index >= 15 is 0 Å². The molecule has 0 spiro atoms. The Labute approximate surface area is 162 Å². The van der Waals surface area contributed by atoms with Crippen LogP contribution in [-0.2, 0) is 9.53 Å². The van der Waals surface area contributed by atoms with Gasteiger partial charge in [0, 0.05) is 6.54 Å². The standard InChI is InChI=1S/C21H25F2NO4/c22-20(23)28-17-3-1-16(2-4-17)19(26)27-11-18(25)24-12-21-8-13-5-14(9-21)7-15(6-13)10-21/h1-4,13-15,20H,5-12H2,(H,24,25). The van der Waals surface area contributed by atoms with Gasteiger partial charge in [-0.25, -0.2) is 4.79 Å². The third-order valence-electron chi connectivity index (χ3n) is 6.48. The first kappa shape index (κ1) is 19.2. The molecular weight excluding hydrogens is 368 g/mol. The summed E-state index contributed by atoms with van der Waals surface area (Å²) in [5.74, 6) is 1.43. The van der Waals surface area contributed by atoms with Crippen LogP contribution in [0.3, 0.4) is 0 Å². The van der Waals surface area contributed by atoms with Crippen LogP contribution < -0.4 is 10.1 Å². The van der Waals surface area contributed by atoms with Crippen LogP contribution in [0.1, 0.15) is 48.9 Å². The molecule has 0 saturated heterocycles. The molecule has 4 fully saturated rings. The molecule has 0 radical (unpaired) electrons. The molecule has 152 valence electrons. The molecule has 0 atom stereocenters. The number of carbonyl (C=O) groups is 2. The second kappa shape index (κ2) is 7.68. The van der Waals surface area contributed by atoms with Gasteiger partial charge in [-0.1, -0.05) is 0 Å². The van der Waals surface area contributed by atoms with Gasteiger partial charge in [-0.3, -0.25) is 4.79 Å². The minimum atomic E-state index is -2.92. The number of carbonyl (C=O) groups excluding carboxylic acids is 2. The van der Waals surface area contributed by atoms with E-state index in [1.54, 1.807) is 0 Å². The maximum atomic E-state index is 12.2. The van der Waals surface area contributed by atoms with Gasteiger partial charge in [-0.15, -0.1) is 0 Å². The summed E-state index contributed by atoms with van der Waals surface area (Å²) in [5.41, 5.74) is 0.407. The summed E-state index contributed by atoms with van der Waals surface area (Å²) in [6.07, 6.45) is 7.66. The number of ether oxygens (including phenoxy) is 2. The van der Waals surface area contributed by atoms with Gasteiger partial charge in [0.15, 0.2) is 6.61 Å². The summed E-state index contributed by atoms with van der Waals surface area (Å²) in [4.78, 5) is 24.2. The lowest BCUT2D eigenvalue weighted by Gasteiger charge is -2.56. The van der Waals surface area contributed by atoms with Crippen molar-refractivity contribution in [2.45, 2.75) is 45.1 Å². The van der Waals surface area contributed by atoms with Crippen LogP contribution in [0.25, 0.3) is 0 Å². The zero-order valence-corrected chi connectivity index (χ0v) is 15.7. The number of halogens is 2. The summed E-state index contributed by atoms with van der Waals surface area (Å²) < 4.78 is 33.6. The number of alkyl halides is 2. The molecule has 1 aromatic carbocycles. The van der Waals surface area contributed by atoms with Gasteiger partial charge in [0.2, 0.25) is 0 Å². The second-order valence-corrected chi connectivity index (χ2v) is 8.67. The van der Waals surface area contributed by atoms with E-state index in [0.717, 1.165) is 17.8 Å². The predicted molar refractivity (Wildman–Crippen MR) is 97.0 cm³/mol. The van der Waals surface area contributed by atoms with Crippen molar-refractivity contribution in [3.63, 3.8) is 0 Å². The van der Waals surface area contributed by atoms with Crippen molar-refractivity contribution in [1.29, 1.82) is 0 Å². The SMILES string of the molecule is O=C(COC(=O)c1ccc(OC(F)F)cc1)NCC12CC3CC(CC(C3)C1)C2. The molecule has 5 rings (SSSR count). The van der Waals surface area contributed by atoms with E-state index in [4.69, 9.17) is 4.74 Å². The van der Waals surface area contributed by atoms with E-state index < -0.39 is 12.6 Å². The number of rotatable bonds is 7. The van der Waals surface area contributed by atoms with Gasteiger partial charge < -0.3 is 14.8 Å². The lowest BCUT2D eigenvalue weighted by Crippen LogP contribution is -2.51. The van der Waals surface area contributed by atoms with Gasteiger partial charge in [-0.2, -0.15) is 8.78 Å². The predicted octanol–water partition coefficient (Wildman–Crippen LogP) is 3.78. The van der Waals surface area contributed by atoms with Crippen molar-refractivity contribution in [3.8, 4) is 5.75 Å². The summed E-state index contributed by atoms with van der Waals surface area (Å²) in [7, 11) is 0. The van der Waals surface area contributed by atoms with Crippen molar-refractivity contribution < 1.29 is 27.8 Å². The Morgan fingerprint density at radius 2 is 1.61 bits per heavy atom. The van der Waals surface area contributed by atoms with Gasteiger partial charge in [0.25, 0.3) is 5.91 Å². The minimum Gasteiger partial charge on any atom is -0.452 e. The third kappa shape index (κ3) is 4.28. The zero-order chi connectivity index (χ0) is 19.7. The summed E-state index contributed by atoms with van der Waals surface area (Å²) in [6.45, 7) is -2.61. The van der Waals surface area contributed by atoms with Gasteiger partial charge >= 0.3 is 12.6 Å². The van der Waals surface area contributed by atoms with Crippen LogP contribution in [0.4, 0.5) is 8.78 Å². The molecule has 1 N–H and O–H groups in total. The lowest BCUT2D eigenvalue weighted by atomic mass is 9.49. The second-order valence-electron chi connectivity index (χ2n) is 8.67. The van der Waals surface area contributed by atoms with Gasteiger partial charge in [0.1, 0.15) is 5.75 Å². The molecule has 1 aromatic rings. The van der Waals surface area contributed by atoms with E-state index in [1.165, 1.54) is 62.8 Å². The van der Waals surface area contributed by atoms with Crippen LogP contribution >= 0.6 is 0 Å². The lowest BCUT2D eigenvalue weighted by molar-refractivity contribution is -0.126. The first-order valence-corrected chi connectivity index (χ1v) is 9.89. The Morgan fingerprint density at radius 3 is 2.14 bits per heavy atom. The average Bonchev–Trinajstić information content (AvgIpc) is 2.63. The highest BCUT2D eigenvalue weighted by Gasteiger charge is 2.50. The topological polar surface area (TPSA) is 64.6 Å². The van der Waals surface area contributed by atoms with Gasteiger partial charge in [0.05, 0.1) is 5.56 Å². The molecule has 5 nitrogen and oxygen atoms in total. The summed E-state index contributed by atoms with van der Waals surface area (Å²) in [6, 6.07) is 5.17. The molecule has 4 aliphatic rings.